The molecular weight excluding hydrogens is 837 g/mol. The lowest BCUT2D eigenvalue weighted by molar-refractivity contribution is -0.163. The molecule has 5 heteroatoms. The Morgan fingerprint density at radius 1 is 0.324 bits per heavy atom. The summed E-state index contributed by atoms with van der Waals surface area (Å²) >= 11 is 0. The van der Waals surface area contributed by atoms with Crippen LogP contribution in [0.15, 0.2) is 36.5 Å². The Balaban J connectivity index is 4.21. The molecule has 0 saturated heterocycles. The van der Waals surface area contributed by atoms with Crippen LogP contribution < -0.4 is 0 Å². The summed E-state index contributed by atoms with van der Waals surface area (Å²) in [6.07, 6.45) is 73.1. The molecule has 0 amide bonds. The average Bonchev–Trinajstić information content (AvgIpc) is 3.34. The van der Waals surface area contributed by atoms with Crippen molar-refractivity contribution in [2.24, 2.45) is 0 Å². The Labute approximate surface area is 425 Å². The topological polar surface area (TPSA) is 61.8 Å². The summed E-state index contributed by atoms with van der Waals surface area (Å²) in [7, 11) is 0. The molecule has 0 bridgehead atoms. The fourth-order valence-electron chi connectivity index (χ4n) is 9.11. The van der Waals surface area contributed by atoms with E-state index in [1.807, 2.05) is 0 Å². The summed E-state index contributed by atoms with van der Waals surface area (Å²) in [5.74, 6) is -0.380. The van der Waals surface area contributed by atoms with Gasteiger partial charge in [-0.05, 0) is 57.8 Å². The minimum atomic E-state index is -0.536. The molecule has 0 aromatic heterocycles. The molecule has 5 nitrogen and oxygen atoms in total. The molecule has 400 valence electrons. The maximum Gasteiger partial charge on any atom is 0.306 e. The number of hydrogen-bond acceptors (Lipinski definition) is 5. The number of rotatable bonds is 57. The zero-order valence-corrected chi connectivity index (χ0v) is 46.1. The summed E-state index contributed by atoms with van der Waals surface area (Å²) in [6, 6.07) is 0. The fourth-order valence-corrected chi connectivity index (χ4v) is 9.11. The average molecular weight is 956 g/mol. The lowest BCUT2D eigenvalue weighted by Crippen LogP contribution is -2.30. The summed E-state index contributed by atoms with van der Waals surface area (Å²) in [5.41, 5.74) is 0. The third kappa shape index (κ3) is 56.7. The molecule has 0 spiro atoms. The van der Waals surface area contributed by atoms with Gasteiger partial charge in [0.15, 0.2) is 6.10 Å². The third-order valence-electron chi connectivity index (χ3n) is 13.7. The minimum Gasteiger partial charge on any atom is -0.462 e. The Kier molecular flexibility index (Phi) is 57.8. The first-order valence-corrected chi connectivity index (χ1v) is 30.5. The normalized spacial score (nSPS) is 12.3. The molecule has 0 N–H and O–H groups in total. The lowest BCUT2D eigenvalue weighted by Gasteiger charge is -2.18. The largest absolute Gasteiger partial charge is 0.462 e. The van der Waals surface area contributed by atoms with E-state index >= 15 is 0 Å². The van der Waals surface area contributed by atoms with Crippen LogP contribution in [0, 0.1) is 0 Å². The van der Waals surface area contributed by atoms with Crippen LogP contribution >= 0.6 is 0 Å². The molecule has 0 saturated carbocycles. The predicted octanol–water partition coefficient (Wildman–Crippen LogP) is 20.9. The maximum absolute atomic E-state index is 12.9. The molecule has 0 aliphatic carbocycles. The highest BCUT2D eigenvalue weighted by molar-refractivity contribution is 5.70. The van der Waals surface area contributed by atoms with Gasteiger partial charge in [-0.15, -0.1) is 0 Å². The summed E-state index contributed by atoms with van der Waals surface area (Å²) in [5, 5.41) is 0. The Hall–Kier alpha value is -1.88. The quantitative estimate of drug-likeness (QED) is 0.0345. The standard InChI is InChI=1S/C63H118O5/c1-4-7-10-13-16-19-22-25-27-29-31-33-35-37-40-43-46-49-52-55-58-66-59-61(68-63(65)57-54-51-48-45-42-38-24-21-18-15-12-9-6-3)60-67-62(64)56-53-50-47-44-41-39-36-34-32-30-28-26-23-20-17-14-11-8-5-2/h16,19,25,27,31,33,61H,4-15,17-18,20-24,26,28-30,32,34-60H2,1-3H3/b19-16-,27-25-,33-31-. The van der Waals surface area contributed by atoms with Crippen LogP contribution in [-0.2, 0) is 23.8 Å². The van der Waals surface area contributed by atoms with Crippen molar-refractivity contribution in [1.82, 2.24) is 0 Å². The number of unbranched alkanes of at least 4 members (excludes halogenated alkanes) is 40. The van der Waals surface area contributed by atoms with E-state index in [9.17, 15) is 9.59 Å². The van der Waals surface area contributed by atoms with Crippen LogP contribution in [0.4, 0.5) is 0 Å². The zero-order valence-electron chi connectivity index (χ0n) is 46.1. The number of ether oxygens (including phenoxy) is 3. The van der Waals surface area contributed by atoms with E-state index < -0.39 is 6.10 Å². The Morgan fingerprint density at radius 3 is 1.01 bits per heavy atom. The molecule has 0 aromatic carbocycles. The third-order valence-corrected chi connectivity index (χ3v) is 13.7. The second-order valence-electron chi connectivity index (χ2n) is 20.6. The van der Waals surface area contributed by atoms with Crippen molar-refractivity contribution in [3.63, 3.8) is 0 Å². The van der Waals surface area contributed by atoms with Crippen molar-refractivity contribution in [2.45, 2.75) is 335 Å². The van der Waals surface area contributed by atoms with E-state index in [4.69, 9.17) is 14.2 Å². The highest BCUT2D eigenvalue weighted by Crippen LogP contribution is 2.17. The van der Waals surface area contributed by atoms with Crippen molar-refractivity contribution in [3.05, 3.63) is 36.5 Å². The number of esters is 2. The van der Waals surface area contributed by atoms with Gasteiger partial charge in [0.2, 0.25) is 0 Å². The van der Waals surface area contributed by atoms with Gasteiger partial charge in [-0.2, -0.15) is 0 Å². The number of carbonyl (C=O) groups excluding carboxylic acids is 2. The van der Waals surface area contributed by atoms with E-state index in [0.29, 0.717) is 19.4 Å². The Morgan fingerprint density at radius 2 is 0.618 bits per heavy atom. The van der Waals surface area contributed by atoms with Crippen molar-refractivity contribution in [3.8, 4) is 0 Å². The second-order valence-corrected chi connectivity index (χ2v) is 20.6. The van der Waals surface area contributed by atoms with Crippen LogP contribution in [-0.4, -0.2) is 37.9 Å². The zero-order chi connectivity index (χ0) is 49.2. The van der Waals surface area contributed by atoms with Gasteiger partial charge in [0.05, 0.1) is 6.61 Å². The predicted molar refractivity (Wildman–Crippen MR) is 298 cm³/mol. The fraction of sp³-hybridized carbons (Fsp3) is 0.873. The molecule has 0 heterocycles. The first-order valence-electron chi connectivity index (χ1n) is 30.5. The first-order chi connectivity index (χ1) is 33.6. The van der Waals surface area contributed by atoms with Crippen LogP contribution in [0.5, 0.6) is 0 Å². The van der Waals surface area contributed by atoms with E-state index in [0.717, 1.165) is 51.4 Å². The van der Waals surface area contributed by atoms with E-state index in [1.165, 1.54) is 244 Å². The molecule has 68 heavy (non-hydrogen) atoms. The molecule has 0 aromatic rings. The van der Waals surface area contributed by atoms with Gasteiger partial charge in [-0.3, -0.25) is 9.59 Å². The van der Waals surface area contributed by atoms with Crippen LogP contribution in [0.2, 0.25) is 0 Å². The summed E-state index contributed by atoms with van der Waals surface area (Å²) in [6.45, 7) is 7.85. The number of allylic oxidation sites excluding steroid dienone is 6. The molecule has 0 rings (SSSR count). The second kappa shape index (κ2) is 59.4. The van der Waals surface area contributed by atoms with E-state index in [2.05, 4.69) is 57.2 Å². The molecule has 0 radical (unpaired) electrons. The molecule has 0 fully saturated rings. The van der Waals surface area contributed by atoms with Crippen LogP contribution in [0.3, 0.4) is 0 Å². The van der Waals surface area contributed by atoms with Crippen molar-refractivity contribution in [2.75, 3.05) is 19.8 Å². The van der Waals surface area contributed by atoms with Gasteiger partial charge in [0, 0.05) is 19.4 Å². The minimum absolute atomic E-state index is 0.0883. The molecule has 1 atom stereocenters. The first kappa shape index (κ1) is 66.1. The van der Waals surface area contributed by atoms with Gasteiger partial charge < -0.3 is 14.2 Å². The van der Waals surface area contributed by atoms with E-state index in [-0.39, 0.29) is 25.2 Å². The summed E-state index contributed by atoms with van der Waals surface area (Å²) in [4.78, 5) is 25.5. The maximum atomic E-state index is 12.9. The highest BCUT2D eigenvalue weighted by atomic mass is 16.6. The van der Waals surface area contributed by atoms with Crippen LogP contribution in [0.1, 0.15) is 329 Å². The van der Waals surface area contributed by atoms with Crippen LogP contribution in [0.25, 0.3) is 0 Å². The van der Waals surface area contributed by atoms with Gasteiger partial charge in [0.1, 0.15) is 6.61 Å². The number of carbonyl (C=O) groups is 2. The van der Waals surface area contributed by atoms with Gasteiger partial charge >= 0.3 is 11.9 Å². The monoisotopic (exact) mass is 955 g/mol. The van der Waals surface area contributed by atoms with Crippen molar-refractivity contribution in [1.29, 1.82) is 0 Å². The van der Waals surface area contributed by atoms with Crippen molar-refractivity contribution >= 4 is 11.9 Å². The smallest absolute Gasteiger partial charge is 0.306 e. The molecule has 1 unspecified atom stereocenters. The molecular formula is C63H118O5. The van der Waals surface area contributed by atoms with Gasteiger partial charge in [-0.1, -0.05) is 295 Å². The Bertz CT molecular complexity index is 1080. The van der Waals surface area contributed by atoms with Gasteiger partial charge in [0.25, 0.3) is 0 Å². The summed E-state index contributed by atoms with van der Waals surface area (Å²) < 4.78 is 17.5. The van der Waals surface area contributed by atoms with E-state index in [1.54, 1.807) is 0 Å². The van der Waals surface area contributed by atoms with Crippen molar-refractivity contribution < 1.29 is 23.8 Å². The van der Waals surface area contributed by atoms with Gasteiger partial charge in [-0.25, -0.2) is 0 Å². The molecule has 0 aliphatic heterocycles. The SMILES string of the molecule is CCCCC/C=C\C/C=C\C/C=C\CCCCCCCCCOCC(COC(=O)CCCCCCCCCCCCCCCCCCCCC)OC(=O)CCCCCCCCCCCCCCC. The highest BCUT2D eigenvalue weighted by Gasteiger charge is 2.17. The molecule has 0 aliphatic rings. The number of hydrogen-bond donors (Lipinski definition) is 0. The lowest BCUT2D eigenvalue weighted by atomic mass is 10.0.